The molecule has 0 aromatic carbocycles. The Bertz CT molecular complexity index is 846. The number of hydrogen-bond acceptors (Lipinski definition) is 5. The normalized spacial score (nSPS) is 22.8. The molecule has 1 aliphatic heterocycles. The van der Waals surface area contributed by atoms with Crippen molar-refractivity contribution in [1.29, 1.82) is 0 Å². The molecule has 1 fully saturated rings. The first-order chi connectivity index (χ1) is 14.3. The molecule has 178 valence electrons. The van der Waals surface area contributed by atoms with Crippen LogP contribution >= 0.6 is 0 Å². The van der Waals surface area contributed by atoms with Gasteiger partial charge in [-0.25, -0.2) is 4.79 Å². The summed E-state index contributed by atoms with van der Waals surface area (Å²) in [4.78, 5) is 26.7. The Morgan fingerprint density at radius 1 is 1.16 bits per heavy atom. The molecule has 0 radical (unpaired) electrons. The summed E-state index contributed by atoms with van der Waals surface area (Å²) < 4.78 is 21.2. The van der Waals surface area contributed by atoms with E-state index >= 15 is 0 Å². The maximum absolute atomic E-state index is 12.5. The van der Waals surface area contributed by atoms with Gasteiger partial charge in [-0.3, -0.25) is 14.3 Å². The summed E-state index contributed by atoms with van der Waals surface area (Å²) in [7, 11) is -3.82. The number of ether oxygens (including phenoxy) is 1. The van der Waals surface area contributed by atoms with Crippen LogP contribution < -0.4 is 11.2 Å². The summed E-state index contributed by atoms with van der Waals surface area (Å²) in [5.41, 5.74) is -0.329. The standard InChI is InChI=1S/C22H42N2O5Si2/c1-10-31(11-2,12-3)27-15-18-17(29-30(8,9)22(5,6)7)13-19(28-18)24-14-16(4)20(25)23-21(24)26/h14,17-19H,10-13,15H2,1-9H3,(H,23,25,26)/t17?,18-,19-/m1/s1. The van der Waals surface area contributed by atoms with Crippen LogP contribution in [0.25, 0.3) is 0 Å². The van der Waals surface area contributed by atoms with Gasteiger partial charge in [-0.15, -0.1) is 0 Å². The van der Waals surface area contributed by atoms with Crippen molar-refractivity contribution < 1.29 is 13.6 Å². The fraction of sp³-hybridized carbons (Fsp3) is 0.818. The molecule has 0 bridgehead atoms. The van der Waals surface area contributed by atoms with E-state index in [9.17, 15) is 9.59 Å². The fourth-order valence-corrected chi connectivity index (χ4v) is 7.80. The summed E-state index contributed by atoms with van der Waals surface area (Å²) in [5.74, 6) is 0. The Morgan fingerprint density at radius 3 is 2.26 bits per heavy atom. The zero-order valence-electron chi connectivity index (χ0n) is 20.8. The van der Waals surface area contributed by atoms with E-state index in [1.807, 2.05) is 0 Å². The highest BCUT2D eigenvalue weighted by Gasteiger charge is 2.46. The van der Waals surface area contributed by atoms with Crippen LogP contribution in [-0.4, -0.2) is 45.0 Å². The third kappa shape index (κ3) is 5.87. The van der Waals surface area contributed by atoms with Crippen molar-refractivity contribution in [2.75, 3.05) is 6.61 Å². The molecule has 0 saturated carbocycles. The average Bonchev–Trinajstić information content (AvgIpc) is 3.07. The van der Waals surface area contributed by atoms with E-state index in [1.54, 1.807) is 13.1 Å². The van der Waals surface area contributed by atoms with Crippen LogP contribution in [0.1, 0.15) is 59.8 Å². The van der Waals surface area contributed by atoms with Gasteiger partial charge in [0.15, 0.2) is 16.6 Å². The van der Waals surface area contributed by atoms with Crippen LogP contribution in [0.4, 0.5) is 0 Å². The molecule has 1 aromatic rings. The fourth-order valence-electron chi connectivity index (χ4n) is 3.82. The number of aryl methyl sites for hydroxylation is 1. The van der Waals surface area contributed by atoms with E-state index in [4.69, 9.17) is 13.6 Å². The SMILES string of the molecule is CC[Si](CC)(CC)OC[C@H]1O[C@@H](n2cc(C)c(=O)[nH]c2=O)CC1O[Si](C)(C)C(C)(C)C. The van der Waals surface area contributed by atoms with Crippen LogP contribution in [0.2, 0.25) is 36.3 Å². The number of hydrogen-bond donors (Lipinski definition) is 1. The summed E-state index contributed by atoms with van der Waals surface area (Å²) >= 11 is 0. The smallest absolute Gasteiger partial charge is 0.330 e. The molecule has 2 heterocycles. The first-order valence-electron chi connectivity index (χ1n) is 11.6. The van der Waals surface area contributed by atoms with E-state index in [2.05, 4.69) is 59.6 Å². The Labute approximate surface area is 188 Å². The Hall–Kier alpha value is -1.01. The van der Waals surface area contributed by atoms with Crippen molar-refractivity contribution in [3.05, 3.63) is 32.6 Å². The molecular formula is C22H42N2O5Si2. The van der Waals surface area contributed by atoms with Gasteiger partial charge in [-0.1, -0.05) is 41.5 Å². The average molecular weight is 471 g/mol. The van der Waals surface area contributed by atoms with E-state index in [0.717, 1.165) is 18.1 Å². The van der Waals surface area contributed by atoms with Crippen molar-refractivity contribution >= 4 is 16.6 Å². The molecule has 3 atom stereocenters. The Kier molecular flexibility index (Phi) is 8.35. The second-order valence-corrected chi connectivity index (χ2v) is 19.8. The Morgan fingerprint density at radius 2 is 1.74 bits per heavy atom. The summed E-state index contributed by atoms with van der Waals surface area (Å²) in [6.07, 6.45) is 1.27. The third-order valence-corrected chi connectivity index (χ3v) is 16.5. The summed E-state index contributed by atoms with van der Waals surface area (Å²) in [6.45, 7) is 19.9. The Balaban J connectivity index is 2.32. The predicted molar refractivity (Wildman–Crippen MR) is 130 cm³/mol. The molecule has 1 aliphatic rings. The van der Waals surface area contributed by atoms with Crippen molar-refractivity contribution in [3.63, 3.8) is 0 Å². The summed E-state index contributed by atoms with van der Waals surface area (Å²) in [6, 6.07) is 3.22. The number of H-pyrrole nitrogens is 1. The maximum atomic E-state index is 12.5. The van der Waals surface area contributed by atoms with Crippen LogP contribution in [0, 0.1) is 6.92 Å². The minimum Gasteiger partial charge on any atom is -0.414 e. The topological polar surface area (TPSA) is 82.5 Å². The third-order valence-electron chi connectivity index (χ3n) is 7.38. The van der Waals surface area contributed by atoms with Gasteiger partial charge in [0.2, 0.25) is 0 Å². The van der Waals surface area contributed by atoms with Crippen molar-refractivity contribution in [3.8, 4) is 0 Å². The highest BCUT2D eigenvalue weighted by atomic mass is 28.4. The van der Waals surface area contributed by atoms with Gasteiger partial charge >= 0.3 is 5.69 Å². The molecule has 0 aliphatic carbocycles. The van der Waals surface area contributed by atoms with E-state index < -0.39 is 28.6 Å². The number of nitrogens with one attached hydrogen (secondary N) is 1. The molecular weight excluding hydrogens is 428 g/mol. The molecule has 0 amide bonds. The number of nitrogens with zero attached hydrogens (tertiary/aromatic N) is 1. The zero-order valence-corrected chi connectivity index (χ0v) is 22.8. The first kappa shape index (κ1) is 26.2. The summed E-state index contributed by atoms with van der Waals surface area (Å²) in [5, 5.41) is 0.0661. The molecule has 0 spiro atoms. The van der Waals surface area contributed by atoms with Crippen LogP contribution in [0.15, 0.2) is 15.8 Å². The lowest BCUT2D eigenvalue weighted by Crippen LogP contribution is -2.47. The molecule has 1 unspecified atom stereocenters. The van der Waals surface area contributed by atoms with Gasteiger partial charge in [0, 0.05) is 18.2 Å². The lowest BCUT2D eigenvalue weighted by atomic mass is 10.2. The molecule has 1 aromatic heterocycles. The number of rotatable bonds is 9. The van der Waals surface area contributed by atoms with Crippen molar-refractivity contribution in [1.82, 2.24) is 9.55 Å². The molecule has 9 heteroatoms. The van der Waals surface area contributed by atoms with Crippen LogP contribution in [0.5, 0.6) is 0 Å². The lowest BCUT2D eigenvalue weighted by Gasteiger charge is -2.39. The molecule has 1 saturated heterocycles. The number of aromatic amines is 1. The van der Waals surface area contributed by atoms with Gasteiger partial charge in [0.1, 0.15) is 12.3 Å². The molecule has 31 heavy (non-hydrogen) atoms. The van der Waals surface area contributed by atoms with Crippen LogP contribution in [0.3, 0.4) is 0 Å². The van der Waals surface area contributed by atoms with Gasteiger partial charge in [-0.2, -0.15) is 0 Å². The van der Waals surface area contributed by atoms with Crippen LogP contribution in [-0.2, 0) is 13.6 Å². The van der Waals surface area contributed by atoms with Gasteiger partial charge in [0.25, 0.3) is 5.56 Å². The van der Waals surface area contributed by atoms with E-state index in [1.165, 1.54) is 4.57 Å². The van der Waals surface area contributed by atoms with Crippen molar-refractivity contribution in [2.24, 2.45) is 0 Å². The maximum Gasteiger partial charge on any atom is 0.330 e. The van der Waals surface area contributed by atoms with E-state index in [0.29, 0.717) is 18.6 Å². The molecule has 7 nitrogen and oxygen atoms in total. The monoisotopic (exact) mass is 470 g/mol. The van der Waals surface area contributed by atoms with Gasteiger partial charge < -0.3 is 13.6 Å². The molecule has 2 rings (SSSR count). The van der Waals surface area contributed by atoms with Gasteiger partial charge in [-0.05, 0) is 43.2 Å². The van der Waals surface area contributed by atoms with E-state index in [-0.39, 0.29) is 22.8 Å². The minimum absolute atomic E-state index is 0.0661. The van der Waals surface area contributed by atoms with Crippen molar-refractivity contribution in [2.45, 2.75) is 110 Å². The second-order valence-electron chi connectivity index (χ2n) is 10.3. The highest BCUT2D eigenvalue weighted by molar-refractivity contribution is 6.74. The van der Waals surface area contributed by atoms with Gasteiger partial charge in [0.05, 0.1) is 12.7 Å². The number of aromatic nitrogens is 2. The largest absolute Gasteiger partial charge is 0.414 e. The zero-order chi connectivity index (χ0) is 23.6. The lowest BCUT2D eigenvalue weighted by molar-refractivity contribution is -0.0409. The second kappa shape index (κ2) is 9.86. The first-order valence-corrected chi connectivity index (χ1v) is 17.0. The minimum atomic E-state index is -2.04. The quantitative estimate of drug-likeness (QED) is 0.536. The molecule has 1 N–H and O–H groups in total. The predicted octanol–water partition coefficient (Wildman–Crippen LogP) is 4.54. The highest BCUT2D eigenvalue weighted by Crippen LogP contribution is 2.41.